The molecule has 2 aromatic carbocycles. The summed E-state index contributed by atoms with van der Waals surface area (Å²) in [4.78, 5) is 22.5. The van der Waals surface area contributed by atoms with Crippen molar-refractivity contribution in [1.29, 1.82) is 0 Å². The van der Waals surface area contributed by atoms with Gasteiger partial charge in [0.05, 0.1) is 6.10 Å². The summed E-state index contributed by atoms with van der Waals surface area (Å²) in [5, 5.41) is 23.1. The van der Waals surface area contributed by atoms with Crippen molar-refractivity contribution >= 4 is 24.0 Å². The van der Waals surface area contributed by atoms with Crippen molar-refractivity contribution in [3.05, 3.63) is 70.2 Å². The molecule has 0 bridgehead atoms. The SMILES string of the molecule is O=Cc1ccc(Cl)c(C(O)C(O)CCNC(=O)OCc2ccccc2)c1. The molecule has 0 saturated heterocycles. The lowest BCUT2D eigenvalue weighted by molar-refractivity contribution is 0.0136. The van der Waals surface area contributed by atoms with E-state index in [1.54, 1.807) is 0 Å². The molecule has 138 valence electrons. The molecule has 3 N–H and O–H groups in total. The third-order valence-corrected chi connectivity index (χ3v) is 4.11. The summed E-state index contributed by atoms with van der Waals surface area (Å²) in [6.45, 7) is 0.253. The number of benzene rings is 2. The van der Waals surface area contributed by atoms with Gasteiger partial charge >= 0.3 is 6.09 Å². The topological polar surface area (TPSA) is 95.9 Å². The standard InChI is InChI=1S/C19H20ClNO5/c20-16-7-6-14(11-22)10-15(16)18(24)17(23)8-9-21-19(25)26-12-13-4-2-1-3-5-13/h1-7,10-11,17-18,23-24H,8-9,12H2,(H,21,25). The van der Waals surface area contributed by atoms with Crippen molar-refractivity contribution in [2.24, 2.45) is 0 Å². The number of aliphatic hydroxyl groups is 2. The summed E-state index contributed by atoms with van der Waals surface area (Å²) < 4.78 is 5.05. The number of carbonyl (C=O) groups excluding carboxylic acids is 2. The van der Waals surface area contributed by atoms with Crippen LogP contribution in [-0.2, 0) is 11.3 Å². The van der Waals surface area contributed by atoms with Crippen LogP contribution in [0.15, 0.2) is 48.5 Å². The zero-order valence-electron chi connectivity index (χ0n) is 14.0. The van der Waals surface area contributed by atoms with E-state index in [-0.39, 0.29) is 30.2 Å². The van der Waals surface area contributed by atoms with E-state index < -0.39 is 18.3 Å². The average molecular weight is 378 g/mol. The number of carbonyl (C=O) groups is 2. The van der Waals surface area contributed by atoms with Gasteiger partial charge in [-0.15, -0.1) is 0 Å². The second kappa shape index (κ2) is 9.91. The number of hydrogen-bond donors (Lipinski definition) is 3. The van der Waals surface area contributed by atoms with Crippen molar-refractivity contribution in [1.82, 2.24) is 5.32 Å². The first kappa shape index (κ1) is 19.9. The van der Waals surface area contributed by atoms with Crippen LogP contribution in [0.3, 0.4) is 0 Å². The molecule has 0 aliphatic rings. The minimum atomic E-state index is -1.27. The number of ether oxygens (including phenoxy) is 1. The van der Waals surface area contributed by atoms with E-state index in [0.29, 0.717) is 11.8 Å². The molecule has 0 aliphatic heterocycles. The Morgan fingerprint density at radius 2 is 1.92 bits per heavy atom. The summed E-state index contributed by atoms with van der Waals surface area (Å²) in [6, 6.07) is 13.7. The molecule has 6 nitrogen and oxygen atoms in total. The number of aliphatic hydroxyl groups excluding tert-OH is 2. The van der Waals surface area contributed by atoms with E-state index in [2.05, 4.69) is 5.32 Å². The minimum Gasteiger partial charge on any atom is -0.445 e. The van der Waals surface area contributed by atoms with Crippen molar-refractivity contribution in [3.8, 4) is 0 Å². The lowest BCUT2D eigenvalue weighted by atomic mass is 10.0. The second-order valence-corrected chi connectivity index (χ2v) is 6.10. The van der Waals surface area contributed by atoms with Crippen LogP contribution < -0.4 is 5.32 Å². The number of alkyl carbamates (subject to hydrolysis) is 1. The van der Waals surface area contributed by atoms with Crippen LogP contribution in [0.4, 0.5) is 4.79 Å². The van der Waals surface area contributed by atoms with E-state index in [4.69, 9.17) is 16.3 Å². The van der Waals surface area contributed by atoms with Gasteiger partial charge in [-0.3, -0.25) is 4.79 Å². The third kappa shape index (κ3) is 5.84. The molecule has 2 atom stereocenters. The molecular formula is C19H20ClNO5. The Morgan fingerprint density at radius 3 is 2.62 bits per heavy atom. The third-order valence-electron chi connectivity index (χ3n) is 3.76. The first-order chi connectivity index (χ1) is 12.5. The summed E-state index contributed by atoms with van der Waals surface area (Å²) in [7, 11) is 0. The number of hydrogen-bond acceptors (Lipinski definition) is 5. The Morgan fingerprint density at radius 1 is 1.19 bits per heavy atom. The molecule has 0 aliphatic carbocycles. The molecule has 0 radical (unpaired) electrons. The van der Waals surface area contributed by atoms with Gasteiger partial charge in [0, 0.05) is 22.7 Å². The zero-order chi connectivity index (χ0) is 18.9. The van der Waals surface area contributed by atoms with E-state index in [1.165, 1.54) is 18.2 Å². The maximum Gasteiger partial charge on any atom is 0.407 e. The molecule has 2 rings (SSSR count). The minimum absolute atomic E-state index is 0.0866. The van der Waals surface area contributed by atoms with Gasteiger partial charge in [0.15, 0.2) is 0 Å². The van der Waals surface area contributed by atoms with E-state index in [1.807, 2.05) is 30.3 Å². The lowest BCUT2D eigenvalue weighted by Gasteiger charge is -2.19. The molecule has 2 aromatic rings. The Bertz CT molecular complexity index is 738. The predicted octanol–water partition coefficient (Wildman–Crippen LogP) is 2.86. The smallest absolute Gasteiger partial charge is 0.407 e. The van der Waals surface area contributed by atoms with Gasteiger partial charge in [0.1, 0.15) is 19.0 Å². The number of nitrogens with one attached hydrogen (secondary N) is 1. The first-order valence-electron chi connectivity index (χ1n) is 8.06. The van der Waals surface area contributed by atoms with Gasteiger partial charge in [-0.1, -0.05) is 48.0 Å². The zero-order valence-corrected chi connectivity index (χ0v) is 14.7. The molecule has 0 aromatic heterocycles. The van der Waals surface area contributed by atoms with Crippen molar-refractivity contribution < 1.29 is 24.5 Å². The van der Waals surface area contributed by atoms with Crippen LogP contribution in [-0.4, -0.2) is 35.2 Å². The fourth-order valence-corrected chi connectivity index (χ4v) is 2.55. The Labute approximate surface area is 156 Å². The quantitative estimate of drug-likeness (QED) is 0.615. The van der Waals surface area contributed by atoms with Crippen LogP contribution >= 0.6 is 11.6 Å². The molecule has 26 heavy (non-hydrogen) atoms. The molecule has 7 heteroatoms. The highest BCUT2D eigenvalue weighted by Crippen LogP contribution is 2.27. The van der Waals surface area contributed by atoms with Crippen LogP contribution in [0, 0.1) is 0 Å². The van der Waals surface area contributed by atoms with Crippen molar-refractivity contribution in [2.45, 2.75) is 25.2 Å². The molecule has 0 spiro atoms. The van der Waals surface area contributed by atoms with Crippen molar-refractivity contribution in [2.75, 3.05) is 6.54 Å². The molecule has 0 saturated carbocycles. The van der Waals surface area contributed by atoms with E-state index in [0.717, 1.165) is 5.56 Å². The van der Waals surface area contributed by atoms with Crippen molar-refractivity contribution in [3.63, 3.8) is 0 Å². The van der Waals surface area contributed by atoms with Crippen LogP contribution in [0.25, 0.3) is 0 Å². The largest absolute Gasteiger partial charge is 0.445 e. The fourth-order valence-electron chi connectivity index (χ4n) is 2.32. The van der Waals surface area contributed by atoms with Gasteiger partial charge in [-0.2, -0.15) is 0 Å². The highest BCUT2D eigenvalue weighted by atomic mass is 35.5. The summed E-state index contributed by atoms with van der Waals surface area (Å²) in [6.07, 6.45) is -2.34. The van der Waals surface area contributed by atoms with Gasteiger partial charge in [0.2, 0.25) is 0 Å². The molecule has 0 fully saturated rings. The average Bonchev–Trinajstić information content (AvgIpc) is 2.67. The number of aldehydes is 1. The molecule has 0 heterocycles. The van der Waals surface area contributed by atoms with Gasteiger partial charge < -0.3 is 20.3 Å². The molecule has 2 unspecified atom stereocenters. The number of halogens is 1. The molecule has 1 amide bonds. The lowest BCUT2D eigenvalue weighted by Crippen LogP contribution is -2.29. The number of amides is 1. The highest BCUT2D eigenvalue weighted by molar-refractivity contribution is 6.31. The van der Waals surface area contributed by atoms with Crippen LogP contribution in [0.5, 0.6) is 0 Å². The fraction of sp³-hybridized carbons (Fsp3) is 0.263. The van der Waals surface area contributed by atoms with Crippen LogP contribution in [0.1, 0.15) is 34.0 Å². The summed E-state index contributed by atoms with van der Waals surface area (Å²) in [5.41, 5.74) is 1.47. The van der Waals surface area contributed by atoms with Crippen LogP contribution in [0.2, 0.25) is 5.02 Å². The van der Waals surface area contributed by atoms with Gasteiger partial charge in [-0.05, 0) is 24.1 Å². The van der Waals surface area contributed by atoms with E-state index in [9.17, 15) is 19.8 Å². The maximum atomic E-state index is 11.6. The second-order valence-electron chi connectivity index (χ2n) is 5.69. The monoisotopic (exact) mass is 377 g/mol. The summed E-state index contributed by atoms with van der Waals surface area (Å²) in [5.74, 6) is 0. The van der Waals surface area contributed by atoms with Gasteiger partial charge in [0.25, 0.3) is 0 Å². The highest BCUT2D eigenvalue weighted by Gasteiger charge is 2.21. The Hall–Kier alpha value is -2.41. The molecular weight excluding hydrogens is 358 g/mol. The van der Waals surface area contributed by atoms with E-state index >= 15 is 0 Å². The maximum absolute atomic E-state index is 11.6. The normalized spacial score (nSPS) is 12.9. The first-order valence-corrected chi connectivity index (χ1v) is 8.44. The summed E-state index contributed by atoms with van der Waals surface area (Å²) >= 11 is 6.00. The Kier molecular flexibility index (Phi) is 7.59. The Balaban J connectivity index is 1.78. The predicted molar refractivity (Wildman–Crippen MR) is 97.1 cm³/mol. The number of rotatable bonds is 8. The van der Waals surface area contributed by atoms with Gasteiger partial charge in [-0.25, -0.2) is 4.79 Å².